The number of ether oxygens (including phenoxy) is 1. The highest BCUT2D eigenvalue weighted by molar-refractivity contribution is 7.18. The fourth-order valence-electron chi connectivity index (χ4n) is 3.38. The molecule has 2 heterocycles. The van der Waals surface area contributed by atoms with Crippen LogP contribution >= 0.6 is 11.3 Å². The molecule has 1 atom stereocenters. The largest absolute Gasteiger partial charge is 0.496 e. The summed E-state index contributed by atoms with van der Waals surface area (Å²) in [4.78, 5) is 19.5. The van der Waals surface area contributed by atoms with Crippen LogP contribution in [0.5, 0.6) is 5.75 Å². The van der Waals surface area contributed by atoms with E-state index in [-0.39, 0.29) is 11.9 Å². The van der Waals surface area contributed by atoms with Gasteiger partial charge in [0.05, 0.1) is 23.4 Å². The van der Waals surface area contributed by atoms with Gasteiger partial charge in [-0.2, -0.15) is 0 Å². The normalized spacial score (nSPS) is 17.3. The van der Waals surface area contributed by atoms with Crippen LogP contribution in [0.25, 0.3) is 16.3 Å². The fourth-order valence-corrected chi connectivity index (χ4v) is 4.50. The molecule has 132 valence electrons. The van der Waals surface area contributed by atoms with Crippen LogP contribution in [-0.2, 0) is 4.79 Å². The van der Waals surface area contributed by atoms with Crippen LogP contribution in [0.4, 0.5) is 0 Å². The number of likely N-dealkylation sites (tertiary alicyclic amines) is 1. The Balaban J connectivity index is 1.56. The van der Waals surface area contributed by atoms with E-state index < -0.39 is 0 Å². The smallest absolute Gasteiger partial charge is 0.247 e. The van der Waals surface area contributed by atoms with Crippen LogP contribution in [0.15, 0.2) is 54.6 Å². The number of hydrogen-bond acceptors (Lipinski definition) is 4. The molecule has 1 aliphatic rings. The van der Waals surface area contributed by atoms with Crippen LogP contribution in [0.2, 0.25) is 0 Å². The highest BCUT2D eigenvalue weighted by Crippen LogP contribution is 2.36. The molecular formula is C21H20N2O2S. The third-order valence-corrected chi connectivity index (χ3v) is 5.81. The standard InChI is InChI=1S/C21H20N2O2S/c1-25-18-10-4-2-7-15(18)12-13-20(24)23-14-6-9-17(23)21-22-16-8-3-5-11-19(16)26-21/h2-5,7-8,10-13,17H,6,9,14H2,1H3. The molecule has 0 aliphatic carbocycles. The van der Waals surface area contributed by atoms with Crippen molar-refractivity contribution in [1.82, 2.24) is 9.88 Å². The number of carbonyl (C=O) groups excluding carboxylic acids is 1. The van der Waals surface area contributed by atoms with E-state index in [1.165, 1.54) is 4.70 Å². The summed E-state index contributed by atoms with van der Waals surface area (Å²) in [6, 6.07) is 15.9. The molecule has 1 saturated heterocycles. The Morgan fingerprint density at radius 1 is 1.23 bits per heavy atom. The van der Waals surface area contributed by atoms with E-state index >= 15 is 0 Å². The second kappa shape index (κ2) is 7.30. The number of fused-ring (bicyclic) bond motifs is 1. The quantitative estimate of drug-likeness (QED) is 0.631. The number of aromatic nitrogens is 1. The van der Waals surface area contributed by atoms with Gasteiger partial charge in [-0.1, -0.05) is 30.3 Å². The van der Waals surface area contributed by atoms with Gasteiger partial charge in [0.2, 0.25) is 5.91 Å². The first-order valence-corrected chi connectivity index (χ1v) is 9.55. The van der Waals surface area contributed by atoms with Crippen molar-refractivity contribution in [3.63, 3.8) is 0 Å². The van der Waals surface area contributed by atoms with E-state index in [2.05, 4.69) is 6.07 Å². The maximum absolute atomic E-state index is 12.8. The lowest BCUT2D eigenvalue weighted by molar-refractivity contribution is -0.126. The van der Waals surface area contributed by atoms with Gasteiger partial charge in [0, 0.05) is 18.2 Å². The molecule has 0 saturated carbocycles. The molecule has 3 aromatic rings. The van der Waals surface area contributed by atoms with E-state index in [4.69, 9.17) is 9.72 Å². The average molecular weight is 364 g/mol. The molecule has 0 bridgehead atoms. The summed E-state index contributed by atoms with van der Waals surface area (Å²) >= 11 is 1.69. The Hall–Kier alpha value is -2.66. The first kappa shape index (κ1) is 16.8. The van der Waals surface area contributed by atoms with Crippen LogP contribution in [0, 0.1) is 0 Å². The lowest BCUT2D eigenvalue weighted by atomic mass is 10.2. The molecule has 2 aromatic carbocycles. The number of amides is 1. The molecular weight excluding hydrogens is 344 g/mol. The average Bonchev–Trinajstić information content (AvgIpc) is 3.32. The van der Waals surface area contributed by atoms with Crippen molar-refractivity contribution in [1.29, 1.82) is 0 Å². The van der Waals surface area contributed by atoms with Crippen molar-refractivity contribution in [2.24, 2.45) is 0 Å². The summed E-state index contributed by atoms with van der Waals surface area (Å²) in [6.07, 6.45) is 5.45. The molecule has 0 radical (unpaired) electrons. The molecule has 0 N–H and O–H groups in total. The number of para-hydroxylation sites is 2. The third-order valence-electron chi connectivity index (χ3n) is 4.68. The van der Waals surface area contributed by atoms with E-state index in [0.717, 1.165) is 41.2 Å². The summed E-state index contributed by atoms with van der Waals surface area (Å²) in [6.45, 7) is 0.774. The lowest BCUT2D eigenvalue weighted by Crippen LogP contribution is -2.28. The van der Waals surface area contributed by atoms with E-state index in [1.807, 2.05) is 53.4 Å². The van der Waals surface area contributed by atoms with Crippen LogP contribution in [0.1, 0.15) is 29.5 Å². The lowest BCUT2D eigenvalue weighted by Gasteiger charge is -2.21. The fraction of sp³-hybridized carbons (Fsp3) is 0.238. The first-order valence-electron chi connectivity index (χ1n) is 8.73. The van der Waals surface area contributed by atoms with Crippen molar-refractivity contribution >= 4 is 33.5 Å². The molecule has 26 heavy (non-hydrogen) atoms. The molecule has 1 unspecified atom stereocenters. The summed E-state index contributed by atoms with van der Waals surface area (Å²) in [5.41, 5.74) is 1.91. The zero-order valence-electron chi connectivity index (χ0n) is 14.6. The predicted octanol–water partition coefficient (Wildman–Crippen LogP) is 4.68. The van der Waals surface area contributed by atoms with E-state index in [0.29, 0.717) is 0 Å². The molecule has 0 spiro atoms. The zero-order valence-corrected chi connectivity index (χ0v) is 15.4. The SMILES string of the molecule is COc1ccccc1C=CC(=O)N1CCCC1c1nc2ccccc2s1. The van der Waals surface area contributed by atoms with Gasteiger partial charge < -0.3 is 9.64 Å². The molecule has 5 heteroatoms. The van der Waals surface area contributed by atoms with E-state index in [9.17, 15) is 4.79 Å². The Bertz CT molecular complexity index is 930. The molecule has 1 aromatic heterocycles. The van der Waals surface area contributed by atoms with Gasteiger partial charge in [0.1, 0.15) is 10.8 Å². The first-order chi connectivity index (χ1) is 12.8. The van der Waals surface area contributed by atoms with Crippen molar-refractivity contribution in [2.45, 2.75) is 18.9 Å². The van der Waals surface area contributed by atoms with Crippen molar-refractivity contribution in [3.8, 4) is 5.75 Å². The second-order valence-corrected chi connectivity index (χ2v) is 7.35. The van der Waals surface area contributed by atoms with Gasteiger partial charge in [-0.15, -0.1) is 11.3 Å². The molecule has 1 amide bonds. The number of carbonyl (C=O) groups is 1. The highest BCUT2D eigenvalue weighted by Gasteiger charge is 2.31. The number of rotatable bonds is 4. The topological polar surface area (TPSA) is 42.4 Å². The van der Waals surface area contributed by atoms with Gasteiger partial charge in [-0.3, -0.25) is 4.79 Å². The maximum atomic E-state index is 12.8. The van der Waals surface area contributed by atoms with Gasteiger partial charge >= 0.3 is 0 Å². The maximum Gasteiger partial charge on any atom is 0.247 e. The monoisotopic (exact) mass is 364 g/mol. The molecule has 1 aliphatic heterocycles. The number of methoxy groups -OCH3 is 1. The molecule has 4 rings (SSSR count). The Morgan fingerprint density at radius 2 is 2.04 bits per heavy atom. The number of hydrogen-bond donors (Lipinski definition) is 0. The minimum atomic E-state index is 0.0256. The van der Waals surface area contributed by atoms with Gasteiger partial charge in [0.25, 0.3) is 0 Å². The second-order valence-electron chi connectivity index (χ2n) is 6.28. The third kappa shape index (κ3) is 3.22. The van der Waals surface area contributed by atoms with Gasteiger partial charge in [0.15, 0.2) is 0 Å². The van der Waals surface area contributed by atoms with Crippen molar-refractivity contribution in [2.75, 3.05) is 13.7 Å². The van der Waals surface area contributed by atoms with Gasteiger partial charge in [-0.05, 0) is 37.1 Å². The Kier molecular flexibility index (Phi) is 4.71. The summed E-state index contributed by atoms with van der Waals surface area (Å²) in [7, 11) is 1.64. The van der Waals surface area contributed by atoms with Crippen LogP contribution in [0.3, 0.4) is 0 Å². The number of benzene rings is 2. The minimum absolute atomic E-state index is 0.0256. The van der Waals surface area contributed by atoms with Crippen LogP contribution in [-0.4, -0.2) is 29.4 Å². The summed E-state index contributed by atoms with van der Waals surface area (Å²) in [5.74, 6) is 0.790. The van der Waals surface area contributed by atoms with Gasteiger partial charge in [-0.25, -0.2) is 4.98 Å². The Labute approximate surface area is 156 Å². The van der Waals surface area contributed by atoms with Crippen molar-refractivity contribution in [3.05, 3.63) is 65.2 Å². The zero-order chi connectivity index (χ0) is 17.9. The summed E-state index contributed by atoms with van der Waals surface area (Å²) in [5, 5.41) is 1.03. The Morgan fingerprint density at radius 3 is 2.88 bits per heavy atom. The number of thiazole rings is 1. The highest BCUT2D eigenvalue weighted by atomic mass is 32.1. The van der Waals surface area contributed by atoms with Crippen molar-refractivity contribution < 1.29 is 9.53 Å². The summed E-state index contributed by atoms with van der Waals surface area (Å²) < 4.78 is 6.52. The molecule has 4 nitrogen and oxygen atoms in total. The minimum Gasteiger partial charge on any atom is -0.496 e. The molecule has 1 fully saturated rings. The predicted molar refractivity (Wildman–Crippen MR) is 105 cm³/mol. The van der Waals surface area contributed by atoms with E-state index in [1.54, 1.807) is 24.5 Å². The van der Waals surface area contributed by atoms with Crippen LogP contribution < -0.4 is 4.74 Å². The number of nitrogens with zero attached hydrogens (tertiary/aromatic N) is 2.